The number of hydrogen-bond acceptors (Lipinski definition) is 4. The van der Waals surface area contributed by atoms with Crippen LogP contribution in [-0.4, -0.2) is 13.0 Å². The molecule has 0 N–H and O–H groups in total. The predicted molar refractivity (Wildman–Crippen MR) is 102 cm³/mol. The highest BCUT2D eigenvalue weighted by molar-refractivity contribution is 8.03. The van der Waals surface area contributed by atoms with Crippen LogP contribution in [0.1, 0.15) is 12.0 Å². The van der Waals surface area contributed by atoms with E-state index in [0.29, 0.717) is 6.54 Å². The molecule has 1 aromatic heterocycles. The Bertz CT molecular complexity index is 1030. The first-order chi connectivity index (χ1) is 12.6. The quantitative estimate of drug-likeness (QED) is 0.670. The average molecular weight is 362 g/mol. The molecule has 0 unspecified atom stereocenters. The molecular formula is C21H18N2O2S. The molecule has 4 nitrogen and oxygen atoms in total. The van der Waals surface area contributed by atoms with Crippen LogP contribution in [0.2, 0.25) is 0 Å². The molecule has 2 heterocycles. The van der Waals surface area contributed by atoms with Gasteiger partial charge in [0.25, 0.3) is 0 Å². The number of aliphatic carboxylic acids is 1. The summed E-state index contributed by atoms with van der Waals surface area (Å²) in [6.07, 6.45) is 4.14. The van der Waals surface area contributed by atoms with Gasteiger partial charge in [0.1, 0.15) is 0 Å². The Morgan fingerprint density at radius 2 is 1.92 bits per heavy atom. The van der Waals surface area contributed by atoms with Gasteiger partial charge in [-0.2, -0.15) is 4.57 Å². The van der Waals surface area contributed by atoms with Crippen LogP contribution in [0.25, 0.3) is 17.0 Å². The number of benzene rings is 2. The van der Waals surface area contributed by atoms with E-state index in [4.69, 9.17) is 0 Å². The van der Waals surface area contributed by atoms with E-state index in [2.05, 4.69) is 48.4 Å². The van der Waals surface area contributed by atoms with Gasteiger partial charge in [-0.1, -0.05) is 36.0 Å². The normalized spacial score (nSPS) is 14.8. The molecule has 26 heavy (non-hydrogen) atoms. The Labute approximate surface area is 156 Å². The minimum Gasteiger partial charge on any atom is -0.550 e. The molecule has 2 aromatic carbocycles. The number of aryl methyl sites for hydroxylation is 1. The number of thioether (sulfide) groups is 1. The van der Waals surface area contributed by atoms with Crippen molar-refractivity contribution in [2.45, 2.75) is 17.9 Å². The summed E-state index contributed by atoms with van der Waals surface area (Å²) in [6, 6.07) is 18.5. The zero-order chi connectivity index (χ0) is 18.1. The van der Waals surface area contributed by atoms with Gasteiger partial charge in [-0.25, -0.2) is 0 Å². The number of carbonyl (C=O) groups excluding carboxylic acids is 1. The van der Waals surface area contributed by atoms with Gasteiger partial charge in [0, 0.05) is 36.5 Å². The van der Waals surface area contributed by atoms with Crippen LogP contribution in [0.15, 0.2) is 70.7 Å². The Kier molecular flexibility index (Phi) is 4.39. The maximum atomic E-state index is 10.8. The molecule has 5 heteroatoms. The summed E-state index contributed by atoms with van der Waals surface area (Å²) in [5.74, 6) is -1.03. The number of carboxylic acid groups (broad SMARTS) is 1. The van der Waals surface area contributed by atoms with Crippen LogP contribution in [0.5, 0.6) is 0 Å². The molecule has 0 spiro atoms. The number of aromatic nitrogens is 1. The van der Waals surface area contributed by atoms with Crippen molar-refractivity contribution in [1.29, 1.82) is 0 Å². The highest BCUT2D eigenvalue weighted by Crippen LogP contribution is 2.45. The highest BCUT2D eigenvalue weighted by atomic mass is 32.2. The van der Waals surface area contributed by atoms with Crippen molar-refractivity contribution < 1.29 is 14.5 Å². The molecule has 1 aliphatic heterocycles. The van der Waals surface area contributed by atoms with Gasteiger partial charge in [-0.05, 0) is 29.8 Å². The molecule has 0 saturated heterocycles. The fraction of sp³-hybridized carbons (Fsp3) is 0.143. The molecule has 0 radical (unpaired) electrons. The van der Waals surface area contributed by atoms with Crippen molar-refractivity contribution in [3.05, 3.63) is 71.4 Å². The molecule has 3 aromatic rings. The number of hydrogen-bond donors (Lipinski definition) is 0. The monoisotopic (exact) mass is 362 g/mol. The van der Waals surface area contributed by atoms with Crippen LogP contribution in [0.3, 0.4) is 0 Å². The lowest BCUT2D eigenvalue weighted by molar-refractivity contribution is -0.671. The minimum absolute atomic E-state index is 0.00297. The van der Waals surface area contributed by atoms with E-state index in [0.717, 1.165) is 16.5 Å². The highest BCUT2D eigenvalue weighted by Gasteiger charge is 2.22. The van der Waals surface area contributed by atoms with Crippen LogP contribution in [-0.2, 0) is 11.3 Å². The largest absolute Gasteiger partial charge is 0.550 e. The second-order valence-electron chi connectivity index (χ2n) is 6.22. The maximum absolute atomic E-state index is 10.8. The van der Waals surface area contributed by atoms with Gasteiger partial charge < -0.3 is 14.8 Å². The van der Waals surface area contributed by atoms with Crippen LogP contribution in [0, 0.1) is 0 Å². The van der Waals surface area contributed by atoms with E-state index in [1.807, 2.05) is 35.0 Å². The third-order valence-corrected chi connectivity index (χ3v) is 5.73. The number of pyridine rings is 1. The van der Waals surface area contributed by atoms with Gasteiger partial charge in [-0.3, -0.25) is 0 Å². The minimum atomic E-state index is -1.03. The summed E-state index contributed by atoms with van der Waals surface area (Å²) < 4.78 is 1.97. The fourth-order valence-corrected chi connectivity index (χ4v) is 4.32. The smallest absolute Gasteiger partial charge is 0.213 e. The topological polar surface area (TPSA) is 47.2 Å². The van der Waals surface area contributed by atoms with Crippen molar-refractivity contribution in [2.24, 2.45) is 0 Å². The number of nitrogens with zero attached hydrogens (tertiary/aromatic N) is 2. The standard InChI is InChI=1S/C21H18N2O2S/c1-22-18-8-4-5-9-19(18)26-20(22)14-15-10-12-23(13-11-21(24)25)17-7-3-2-6-16(15)17/h2-10,12,14H,11,13H2,1H3. The summed E-state index contributed by atoms with van der Waals surface area (Å²) in [5.41, 5.74) is 3.35. The maximum Gasteiger partial charge on any atom is 0.213 e. The first-order valence-electron chi connectivity index (χ1n) is 8.47. The predicted octanol–water partition coefficient (Wildman–Crippen LogP) is 2.81. The van der Waals surface area contributed by atoms with Gasteiger partial charge in [-0.15, -0.1) is 0 Å². The van der Waals surface area contributed by atoms with Crippen molar-refractivity contribution in [1.82, 2.24) is 0 Å². The summed E-state index contributed by atoms with van der Waals surface area (Å²) in [6.45, 7) is 0.403. The van der Waals surface area contributed by atoms with Crippen molar-refractivity contribution in [3.8, 4) is 0 Å². The second-order valence-corrected chi connectivity index (χ2v) is 7.28. The van der Waals surface area contributed by atoms with E-state index in [1.165, 1.54) is 15.6 Å². The number of carbonyl (C=O) groups is 1. The number of fused-ring (bicyclic) bond motifs is 2. The summed E-state index contributed by atoms with van der Waals surface area (Å²) in [7, 11) is 2.08. The number of carboxylic acids is 1. The fourth-order valence-electron chi connectivity index (χ4n) is 3.22. The molecule has 0 fully saturated rings. The van der Waals surface area contributed by atoms with Crippen molar-refractivity contribution in [3.63, 3.8) is 0 Å². The van der Waals surface area contributed by atoms with Crippen molar-refractivity contribution >= 4 is 40.4 Å². The third kappa shape index (κ3) is 3.06. The second kappa shape index (κ2) is 6.84. The molecular weight excluding hydrogens is 344 g/mol. The summed E-state index contributed by atoms with van der Waals surface area (Å²) in [5, 5.41) is 13.1. The van der Waals surface area contributed by atoms with Crippen LogP contribution < -0.4 is 14.6 Å². The molecule has 0 bridgehead atoms. The zero-order valence-electron chi connectivity index (χ0n) is 14.4. The Balaban J connectivity index is 1.74. The summed E-state index contributed by atoms with van der Waals surface area (Å²) in [4.78, 5) is 14.3. The van der Waals surface area contributed by atoms with Gasteiger partial charge in [0.05, 0.1) is 16.1 Å². The van der Waals surface area contributed by atoms with E-state index in [-0.39, 0.29) is 6.42 Å². The van der Waals surface area contributed by atoms with E-state index in [1.54, 1.807) is 11.8 Å². The van der Waals surface area contributed by atoms with Gasteiger partial charge in [0.15, 0.2) is 12.7 Å². The zero-order valence-corrected chi connectivity index (χ0v) is 15.2. The molecule has 0 saturated carbocycles. The lowest BCUT2D eigenvalue weighted by Gasteiger charge is -2.13. The van der Waals surface area contributed by atoms with Gasteiger partial charge >= 0.3 is 0 Å². The van der Waals surface area contributed by atoms with E-state index < -0.39 is 5.97 Å². The van der Waals surface area contributed by atoms with E-state index >= 15 is 0 Å². The lowest BCUT2D eigenvalue weighted by atomic mass is 10.1. The Hall–Kier alpha value is -2.79. The third-order valence-electron chi connectivity index (χ3n) is 4.57. The molecule has 4 rings (SSSR count). The van der Waals surface area contributed by atoms with E-state index in [9.17, 15) is 9.90 Å². The van der Waals surface area contributed by atoms with Crippen molar-refractivity contribution in [2.75, 3.05) is 11.9 Å². The molecule has 130 valence electrons. The van der Waals surface area contributed by atoms with Crippen LogP contribution in [0.4, 0.5) is 5.69 Å². The van der Waals surface area contributed by atoms with Gasteiger partial charge in [0.2, 0.25) is 5.52 Å². The molecule has 0 amide bonds. The molecule has 1 aliphatic rings. The number of anilines is 1. The summed E-state index contributed by atoms with van der Waals surface area (Å²) >= 11 is 1.76. The first kappa shape index (κ1) is 16.7. The number of para-hydroxylation sites is 2. The average Bonchev–Trinajstić information content (AvgIpc) is 2.97. The molecule has 0 aliphatic carbocycles. The lowest BCUT2D eigenvalue weighted by Crippen LogP contribution is -2.38. The SMILES string of the molecule is CN1/C(=C\c2cc[n+](CCC(=O)[O-])c3ccccc23)Sc2ccccc21. The Morgan fingerprint density at radius 1 is 1.15 bits per heavy atom. The Morgan fingerprint density at radius 3 is 2.73 bits per heavy atom. The van der Waals surface area contributed by atoms with Crippen LogP contribution >= 0.6 is 11.8 Å². The first-order valence-corrected chi connectivity index (χ1v) is 9.28. The number of rotatable bonds is 4. The molecule has 0 atom stereocenters.